The van der Waals surface area contributed by atoms with E-state index in [1.54, 1.807) is 0 Å². The second kappa shape index (κ2) is 5.48. The average molecular weight is 263 g/mol. The lowest BCUT2D eigenvalue weighted by molar-refractivity contribution is -0.118. The standard InChI is InChI=1S/C14H21N3O2/c1-9(2)12(7-15)17(3)10-4-5-13-11(6-10)16-14(18)8-19-13/h4-6,9,12H,7-8,15H2,1-3H3,(H,16,18). The Bertz CT molecular complexity index is 474. The number of likely N-dealkylation sites (N-methyl/N-ethyl adjacent to an activating group) is 1. The Kier molecular flexibility index (Phi) is 3.95. The molecule has 0 fully saturated rings. The van der Waals surface area contributed by atoms with Crippen LogP contribution >= 0.6 is 0 Å². The van der Waals surface area contributed by atoms with E-state index < -0.39 is 0 Å². The van der Waals surface area contributed by atoms with Gasteiger partial charge in [0.05, 0.1) is 5.69 Å². The summed E-state index contributed by atoms with van der Waals surface area (Å²) < 4.78 is 5.35. The minimum Gasteiger partial charge on any atom is -0.482 e. The zero-order chi connectivity index (χ0) is 14.0. The number of anilines is 2. The summed E-state index contributed by atoms with van der Waals surface area (Å²) in [6, 6.07) is 6.06. The molecule has 19 heavy (non-hydrogen) atoms. The molecular formula is C14H21N3O2. The summed E-state index contributed by atoms with van der Waals surface area (Å²) in [5, 5.41) is 2.82. The molecule has 104 valence electrons. The fourth-order valence-corrected chi connectivity index (χ4v) is 2.36. The van der Waals surface area contributed by atoms with Crippen LogP contribution in [0.3, 0.4) is 0 Å². The van der Waals surface area contributed by atoms with Gasteiger partial charge in [-0.05, 0) is 24.1 Å². The number of carbonyl (C=O) groups excluding carboxylic acids is 1. The molecule has 3 N–H and O–H groups in total. The SMILES string of the molecule is CC(C)C(CN)N(C)c1ccc2c(c1)NC(=O)CO2. The number of hydrogen-bond donors (Lipinski definition) is 2. The monoisotopic (exact) mass is 263 g/mol. The van der Waals surface area contributed by atoms with Gasteiger partial charge in [-0.3, -0.25) is 4.79 Å². The first-order valence-electron chi connectivity index (χ1n) is 6.52. The zero-order valence-electron chi connectivity index (χ0n) is 11.6. The molecule has 1 amide bonds. The Hall–Kier alpha value is -1.75. The van der Waals surface area contributed by atoms with Gasteiger partial charge in [-0.2, -0.15) is 0 Å². The topological polar surface area (TPSA) is 67.6 Å². The molecule has 0 aromatic heterocycles. The number of nitrogens with two attached hydrogens (primary N) is 1. The third-order valence-corrected chi connectivity index (χ3v) is 3.51. The summed E-state index contributed by atoms with van der Waals surface area (Å²) in [6.07, 6.45) is 0. The Balaban J connectivity index is 2.26. The molecule has 1 aliphatic rings. The van der Waals surface area contributed by atoms with E-state index in [9.17, 15) is 4.79 Å². The quantitative estimate of drug-likeness (QED) is 0.862. The molecule has 0 aliphatic carbocycles. The van der Waals surface area contributed by atoms with E-state index in [2.05, 4.69) is 24.1 Å². The maximum Gasteiger partial charge on any atom is 0.262 e. The molecule has 0 saturated heterocycles. The highest BCUT2D eigenvalue weighted by molar-refractivity contribution is 5.96. The van der Waals surface area contributed by atoms with Crippen molar-refractivity contribution < 1.29 is 9.53 Å². The molecule has 1 aliphatic heterocycles. The lowest BCUT2D eigenvalue weighted by Crippen LogP contribution is -2.41. The first-order chi connectivity index (χ1) is 9.02. The predicted molar refractivity (Wildman–Crippen MR) is 76.7 cm³/mol. The Morgan fingerprint density at radius 1 is 1.47 bits per heavy atom. The number of carbonyl (C=O) groups is 1. The first kappa shape index (κ1) is 13.7. The number of ether oxygens (including phenoxy) is 1. The molecule has 1 unspecified atom stereocenters. The van der Waals surface area contributed by atoms with E-state index in [-0.39, 0.29) is 18.6 Å². The highest BCUT2D eigenvalue weighted by atomic mass is 16.5. The number of fused-ring (bicyclic) bond motifs is 1. The van der Waals surface area contributed by atoms with Gasteiger partial charge >= 0.3 is 0 Å². The fourth-order valence-electron chi connectivity index (χ4n) is 2.36. The van der Waals surface area contributed by atoms with Gasteiger partial charge in [0, 0.05) is 25.3 Å². The first-order valence-corrected chi connectivity index (χ1v) is 6.52. The number of amides is 1. The highest BCUT2D eigenvalue weighted by Crippen LogP contribution is 2.32. The Morgan fingerprint density at radius 2 is 2.21 bits per heavy atom. The molecule has 0 saturated carbocycles. The molecule has 2 rings (SSSR count). The van der Waals surface area contributed by atoms with Crippen LogP contribution in [0.25, 0.3) is 0 Å². The van der Waals surface area contributed by atoms with Crippen LogP contribution in [-0.2, 0) is 4.79 Å². The van der Waals surface area contributed by atoms with E-state index in [1.807, 2.05) is 25.2 Å². The van der Waals surface area contributed by atoms with Crippen LogP contribution in [-0.4, -0.2) is 32.1 Å². The van der Waals surface area contributed by atoms with Crippen molar-refractivity contribution in [1.82, 2.24) is 0 Å². The van der Waals surface area contributed by atoms with E-state index in [1.165, 1.54) is 0 Å². The molecule has 1 heterocycles. The largest absolute Gasteiger partial charge is 0.482 e. The van der Waals surface area contributed by atoms with Gasteiger partial charge in [0.15, 0.2) is 6.61 Å². The van der Waals surface area contributed by atoms with E-state index in [0.717, 1.165) is 11.4 Å². The minimum atomic E-state index is -0.119. The van der Waals surface area contributed by atoms with Crippen LogP contribution in [0.2, 0.25) is 0 Å². The van der Waals surface area contributed by atoms with Crippen LogP contribution in [0.4, 0.5) is 11.4 Å². The lowest BCUT2D eigenvalue weighted by Gasteiger charge is -2.33. The summed E-state index contributed by atoms with van der Waals surface area (Å²) in [5.41, 5.74) is 7.58. The number of benzene rings is 1. The van der Waals surface area contributed by atoms with Crippen LogP contribution in [0.1, 0.15) is 13.8 Å². The van der Waals surface area contributed by atoms with Gasteiger partial charge in [0.1, 0.15) is 5.75 Å². The van der Waals surface area contributed by atoms with Crippen molar-refractivity contribution >= 4 is 17.3 Å². The Labute approximate surface area is 113 Å². The molecule has 1 atom stereocenters. The summed E-state index contributed by atoms with van der Waals surface area (Å²) >= 11 is 0. The maximum atomic E-state index is 11.3. The second-order valence-electron chi connectivity index (χ2n) is 5.18. The van der Waals surface area contributed by atoms with Gasteiger partial charge in [0.2, 0.25) is 0 Å². The molecule has 1 aromatic rings. The number of hydrogen-bond acceptors (Lipinski definition) is 4. The molecule has 0 radical (unpaired) electrons. The number of nitrogens with one attached hydrogen (secondary N) is 1. The van der Waals surface area contributed by atoms with E-state index in [4.69, 9.17) is 10.5 Å². The van der Waals surface area contributed by atoms with Gasteiger partial charge < -0.3 is 20.7 Å². The zero-order valence-corrected chi connectivity index (χ0v) is 11.6. The van der Waals surface area contributed by atoms with Crippen molar-refractivity contribution in [3.05, 3.63) is 18.2 Å². The van der Waals surface area contributed by atoms with E-state index in [0.29, 0.717) is 18.2 Å². The van der Waals surface area contributed by atoms with Crippen molar-refractivity contribution in [3.8, 4) is 5.75 Å². The molecular weight excluding hydrogens is 242 g/mol. The molecule has 5 heteroatoms. The van der Waals surface area contributed by atoms with Crippen molar-refractivity contribution in [2.45, 2.75) is 19.9 Å². The fraction of sp³-hybridized carbons (Fsp3) is 0.500. The van der Waals surface area contributed by atoms with Gasteiger partial charge in [-0.25, -0.2) is 0 Å². The summed E-state index contributed by atoms with van der Waals surface area (Å²) in [4.78, 5) is 13.5. The van der Waals surface area contributed by atoms with Crippen LogP contribution in [0.5, 0.6) is 5.75 Å². The van der Waals surface area contributed by atoms with Crippen LogP contribution in [0, 0.1) is 5.92 Å². The molecule has 5 nitrogen and oxygen atoms in total. The molecule has 0 bridgehead atoms. The van der Waals surface area contributed by atoms with Crippen molar-refractivity contribution in [3.63, 3.8) is 0 Å². The number of rotatable bonds is 4. The highest BCUT2D eigenvalue weighted by Gasteiger charge is 2.20. The van der Waals surface area contributed by atoms with Crippen molar-refractivity contribution in [2.75, 3.05) is 30.4 Å². The van der Waals surface area contributed by atoms with Gasteiger partial charge in [-0.1, -0.05) is 13.8 Å². The van der Waals surface area contributed by atoms with Crippen molar-refractivity contribution in [2.24, 2.45) is 11.7 Å². The van der Waals surface area contributed by atoms with Gasteiger partial charge in [-0.15, -0.1) is 0 Å². The maximum absolute atomic E-state index is 11.3. The smallest absolute Gasteiger partial charge is 0.262 e. The predicted octanol–water partition coefficient (Wildman–Crippen LogP) is 1.44. The minimum absolute atomic E-state index is 0.0829. The molecule has 0 spiro atoms. The number of nitrogens with zero attached hydrogens (tertiary/aromatic N) is 1. The van der Waals surface area contributed by atoms with Gasteiger partial charge in [0.25, 0.3) is 5.91 Å². The molecule has 1 aromatic carbocycles. The average Bonchev–Trinajstić information content (AvgIpc) is 2.38. The third-order valence-electron chi connectivity index (χ3n) is 3.51. The van der Waals surface area contributed by atoms with E-state index >= 15 is 0 Å². The summed E-state index contributed by atoms with van der Waals surface area (Å²) in [6.45, 7) is 4.97. The third kappa shape index (κ3) is 2.81. The normalized spacial score (nSPS) is 15.5. The second-order valence-corrected chi connectivity index (χ2v) is 5.18. The van der Waals surface area contributed by atoms with Crippen LogP contribution < -0.4 is 20.7 Å². The summed E-state index contributed by atoms with van der Waals surface area (Å²) in [7, 11) is 2.02. The Morgan fingerprint density at radius 3 is 2.84 bits per heavy atom. The van der Waals surface area contributed by atoms with Crippen molar-refractivity contribution in [1.29, 1.82) is 0 Å². The summed E-state index contributed by atoms with van der Waals surface area (Å²) in [5.74, 6) is 1.05. The lowest BCUT2D eigenvalue weighted by atomic mass is 10.0. The van der Waals surface area contributed by atoms with Crippen LogP contribution in [0.15, 0.2) is 18.2 Å².